The van der Waals surface area contributed by atoms with Crippen molar-refractivity contribution in [1.82, 2.24) is 4.57 Å². The van der Waals surface area contributed by atoms with Gasteiger partial charge in [0, 0.05) is 27.7 Å². The van der Waals surface area contributed by atoms with Gasteiger partial charge in [-0.25, -0.2) is 0 Å². The second kappa shape index (κ2) is 15.5. The monoisotopic (exact) mass is 938 g/mol. The fourth-order valence-electron chi connectivity index (χ4n) is 14.0. The van der Waals surface area contributed by atoms with Crippen molar-refractivity contribution in [2.75, 3.05) is 4.90 Å². The molecule has 1 atom stereocenters. The van der Waals surface area contributed by atoms with Crippen LogP contribution in [0.15, 0.2) is 279 Å². The van der Waals surface area contributed by atoms with Crippen LogP contribution in [-0.2, 0) is 10.8 Å². The van der Waals surface area contributed by atoms with E-state index in [-0.39, 0.29) is 0 Å². The van der Waals surface area contributed by atoms with Crippen LogP contribution in [0.25, 0.3) is 71.6 Å². The van der Waals surface area contributed by atoms with E-state index in [2.05, 4.69) is 289 Å². The third-order valence-electron chi connectivity index (χ3n) is 16.9. The molecule has 2 aliphatic carbocycles. The summed E-state index contributed by atoms with van der Waals surface area (Å²) < 4.78 is 2.53. The maximum absolute atomic E-state index is 2.55. The first kappa shape index (κ1) is 41.2. The summed E-state index contributed by atoms with van der Waals surface area (Å²) >= 11 is 0. The van der Waals surface area contributed by atoms with Crippen LogP contribution in [0, 0.1) is 0 Å². The summed E-state index contributed by atoms with van der Waals surface area (Å²) in [6, 6.07) is 105. The molecule has 74 heavy (non-hydrogen) atoms. The van der Waals surface area contributed by atoms with Gasteiger partial charge in [0.25, 0.3) is 0 Å². The van der Waals surface area contributed by atoms with E-state index in [1.165, 1.54) is 116 Å². The fourth-order valence-corrected chi connectivity index (χ4v) is 14.0. The summed E-state index contributed by atoms with van der Waals surface area (Å²) in [6.45, 7) is 0. The van der Waals surface area contributed by atoms with Gasteiger partial charge in [-0.2, -0.15) is 0 Å². The highest BCUT2D eigenvalue weighted by molar-refractivity contribution is 6.13. The van der Waals surface area contributed by atoms with Crippen LogP contribution in [0.2, 0.25) is 0 Å². The van der Waals surface area contributed by atoms with Crippen molar-refractivity contribution in [2.45, 2.75) is 10.8 Å². The van der Waals surface area contributed by atoms with Crippen LogP contribution in [0.1, 0.15) is 44.5 Å². The maximum Gasteiger partial charge on any atom is 0.0755 e. The molecule has 0 saturated heterocycles. The molecule has 2 nitrogen and oxygen atoms in total. The molecule has 344 valence electrons. The molecule has 0 N–H and O–H groups in total. The highest BCUT2D eigenvalue weighted by Crippen LogP contribution is 2.63. The Kier molecular flexibility index (Phi) is 8.62. The van der Waals surface area contributed by atoms with E-state index in [1.54, 1.807) is 0 Å². The lowest BCUT2D eigenvalue weighted by Gasteiger charge is -2.40. The minimum Gasteiger partial charge on any atom is -0.310 e. The molecule has 0 radical (unpaired) electrons. The van der Waals surface area contributed by atoms with E-state index in [4.69, 9.17) is 0 Å². The van der Waals surface area contributed by atoms with Gasteiger partial charge in [0.15, 0.2) is 0 Å². The molecule has 0 bridgehead atoms. The molecule has 0 saturated carbocycles. The number of para-hydroxylation sites is 3. The number of rotatable bonds is 6. The summed E-state index contributed by atoms with van der Waals surface area (Å²) in [5.74, 6) is 0. The zero-order valence-electron chi connectivity index (χ0n) is 40.5. The Morgan fingerprint density at radius 3 is 1.65 bits per heavy atom. The van der Waals surface area contributed by atoms with Crippen LogP contribution < -0.4 is 4.90 Å². The smallest absolute Gasteiger partial charge is 0.0755 e. The first-order valence-corrected chi connectivity index (χ1v) is 25.8. The van der Waals surface area contributed by atoms with Gasteiger partial charge >= 0.3 is 0 Å². The number of hydrogen-bond donors (Lipinski definition) is 0. The highest BCUT2D eigenvalue weighted by Gasteiger charge is 2.52. The molecular weight excluding hydrogens is 893 g/mol. The standard InChI is InChI=1S/C72H46N2/c1-3-22-49(23-4-1)71(50-24-5-2-6-25-50)61-33-13-10-29-59(61)69-63(71)35-19-39-68(69)73(51-42-40-48(41-43-51)54-30-17-21-47-20-7-8-26-53(47)54)52-44-45-56-55-27-9-12-32-60(55)72(65(56)46-52)62-34-14-16-38-67(62)74-66-37-15-11-28-57(66)58-31-18-36-64(72)70(58)74/h1-46H. The number of nitrogens with zero attached hydrogens (tertiary/aromatic N) is 2. The van der Waals surface area contributed by atoms with Gasteiger partial charge in [-0.05, 0) is 126 Å². The predicted octanol–water partition coefficient (Wildman–Crippen LogP) is 18.1. The molecule has 1 spiro atoms. The third kappa shape index (κ3) is 5.33. The SMILES string of the molecule is c1ccc(C2(c3ccccc3)c3ccccc3-c3c(N(c4ccc(-c5cccc6ccccc56)cc4)c4ccc5c(c4)C4(c6ccccc6-5)c5ccccc5-n5c6ccccc6c6cccc4c65)cccc32)cc1. The molecule has 0 amide bonds. The lowest BCUT2D eigenvalue weighted by atomic mass is 9.65. The average molecular weight is 939 g/mol. The van der Waals surface area contributed by atoms with Gasteiger partial charge < -0.3 is 9.47 Å². The van der Waals surface area contributed by atoms with Gasteiger partial charge in [0.05, 0.1) is 33.2 Å². The third-order valence-corrected chi connectivity index (χ3v) is 16.9. The predicted molar refractivity (Wildman–Crippen MR) is 307 cm³/mol. The molecule has 0 fully saturated rings. The normalized spacial score (nSPS) is 15.2. The Hall–Kier alpha value is -9.50. The van der Waals surface area contributed by atoms with E-state index in [1.807, 2.05) is 0 Å². The van der Waals surface area contributed by atoms with Crippen LogP contribution in [-0.4, -0.2) is 4.57 Å². The molecule has 16 rings (SSSR count). The summed E-state index contributed by atoms with van der Waals surface area (Å²) in [5, 5.41) is 5.04. The van der Waals surface area contributed by atoms with Crippen molar-refractivity contribution in [2.24, 2.45) is 0 Å². The van der Waals surface area contributed by atoms with Gasteiger partial charge in [-0.3, -0.25) is 0 Å². The number of benzene rings is 12. The molecular formula is C72H46N2. The molecule has 13 aromatic rings. The summed E-state index contributed by atoms with van der Waals surface area (Å²) in [5.41, 5.74) is 23.6. The number of hydrogen-bond acceptors (Lipinski definition) is 1. The van der Waals surface area contributed by atoms with Crippen molar-refractivity contribution in [1.29, 1.82) is 0 Å². The largest absolute Gasteiger partial charge is 0.310 e. The van der Waals surface area contributed by atoms with E-state index >= 15 is 0 Å². The van der Waals surface area contributed by atoms with Crippen LogP contribution in [0.3, 0.4) is 0 Å². The molecule has 1 aromatic heterocycles. The van der Waals surface area contributed by atoms with Gasteiger partial charge in [-0.1, -0.05) is 237 Å². The van der Waals surface area contributed by atoms with Crippen molar-refractivity contribution < 1.29 is 0 Å². The molecule has 2 heteroatoms. The van der Waals surface area contributed by atoms with Crippen LogP contribution >= 0.6 is 0 Å². The summed E-state index contributed by atoms with van der Waals surface area (Å²) in [6.07, 6.45) is 0. The van der Waals surface area contributed by atoms with E-state index in [0.29, 0.717) is 0 Å². The Morgan fingerprint density at radius 2 is 0.851 bits per heavy atom. The first-order chi connectivity index (χ1) is 36.7. The Balaban J connectivity index is 0.994. The molecule has 2 heterocycles. The number of fused-ring (bicyclic) bond motifs is 16. The van der Waals surface area contributed by atoms with Crippen molar-refractivity contribution in [3.05, 3.63) is 324 Å². The Morgan fingerprint density at radius 1 is 0.311 bits per heavy atom. The zero-order valence-corrected chi connectivity index (χ0v) is 40.5. The maximum atomic E-state index is 2.55. The van der Waals surface area contributed by atoms with Gasteiger partial charge in [0.2, 0.25) is 0 Å². The zero-order chi connectivity index (χ0) is 48.5. The molecule has 1 unspecified atom stereocenters. The van der Waals surface area contributed by atoms with Crippen LogP contribution in [0.5, 0.6) is 0 Å². The van der Waals surface area contributed by atoms with Crippen molar-refractivity contribution >= 4 is 49.6 Å². The van der Waals surface area contributed by atoms with E-state index in [9.17, 15) is 0 Å². The second-order valence-corrected chi connectivity index (χ2v) is 20.2. The molecule has 3 aliphatic rings. The summed E-state index contributed by atoms with van der Waals surface area (Å²) in [4.78, 5) is 2.55. The summed E-state index contributed by atoms with van der Waals surface area (Å²) in [7, 11) is 0. The topological polar surface area (TPSA) is 8.17 Å². The highest BCUT2D eigenvalue weighted by atomic mass is 15.1. The minimum atomic E-state index is -0.604. The van der Waals surface area contributed by atoms with Crippen molar-refractivity contribution in [3.8, 4) is 39.1 Å². The quantitative estimate of drug-likeness (QED) is 0.161. The lowest BCUT2D eigenvalue weighted by Crippen LogP contribution is -2.33. The van der Waals surface area contributed by atoms with Gasteiger partial charge in [0.1, 0.15) is 0 Å². The first-order valence-electron chi connectivity index (χ1n) is 25.8. The minimum absolute atomic E-state index is 0.555. The Labute approximate surface area is 430 Å². The van der Waals surface area contributed by atoms with Crippen molar-refractivity contribution in [3.63, 3.8) is 0 Å². The van der Waals surface area contributed by atoms with E-state index in [0.717, 1.165) is 17.1 Å². The lowest BCUT2D eigenvalue weighted by molar-refractivity contribution is 0.748. The Bertz CT molecular complexity index is 4390. The van der Waals surface area contributed by atoms with E-state index < -0.39 is 10.8 Å². The van der Waals surface area contributed by atoms with Gasteiger partial charge in [-0.15, -0.1) is 0 Å². The fraction of sp³-hybridized carbons (Fsp3) is 0.0278. The van der Waals surface area contributed by atoms with Crippen LogP contribution in [0.4, 0.5) is 17.1 Å². The second-order valence-electron chi connectivity index (χ2n) is 20.2. The number of anilines is 3. The molecule has 1 aliphatic heterocycles. The number of aromatic nitrogens is 1. The average Bonchev–Trinajstić information content (AvgIpc) is 4.12. The molecule has 12 aromatic carbocycles.